The van der Waals surface area contributed by atoms with Crippen molar-refractivity contribution in [3.05, 3.63) is 29.8 Å². The summed E-state index contributed by atoms with van der Waals surface area (Å²) in [6, 6.07) is 8.09. The van der Waals surface area contributed by atoms with Gasteiger partial charge < -0.3 is 22.5 Å². The van der Waals surface area contributed by atoms with Crippen molar-refractivity contribution in [1.29, 1.82) is 0 Å². The van der Waals surface area contributed by atoms with E-state index in [1.807, 2.05) is 18.2 Å². The first-order chi connectivity index (χ1) is 5.86. The summed E-state index contributed by atoms with van der Waals surface area (Å²) in [6.07, 6.45) is 0. The number of benzene rings is 1. The SMILES string of the molecule is CCNCc1cccc(OC)c1.[Cl-]. The van der Waals surface area contributed by atoms with Gasteiger partial charge >= 0.3 is 0 Å². The Hall–Kier alpha value is -0.730. The van der Waals surface area contributed by atoms with E-state index >= 15 is 0 Å². The van der Waals surface area contributed by atoms with Gasteiger partial charge in [-0.25, -0.2) is 0 Å². The summed E-state index contributed by atoms with van der Waals surface area (Å²) in [5.41, 5.74) is 1.26. The van der Waals surface area contributed by atoms with E-state index < -0.39 is 0 Å². The molecule has 0 amide bonds. The van der Waals surface area contributed by atoms with Crippen LogP contribution in [0.2, 0.25) is 0 Å². The molecule has 0 aliphatic heterocycles. The summed E-state index contributed by atoms with van der Waals surface area (Å²) in [5.74, 6) is 0.922. The molecule has 1 N–H and O–H groups in total. The molecule has 3 heteroatoms. The zero-order chi connectivity index (χ0) is 8.81. The quantitative estimate of drug-likeness (QED) is 0.660. The van der Waals surface area contributed by atoms with E-state index in [2.05, 4.69) is 18.3 Å². The molecule has 74 valence electrons. The molecule has 0 radical (unpaired) electrons. The number of hydrogen-bond donors (Lipinski definition) is 1. The monoisotopic (exact) mass is 200 g/mol. The Morgan fingerprint density at radius 1 is 1.38 bits per heavy atom. The number of hydrogen-bond acceptors (Lipinski definition) is 2. The van der Waals surface area contributed by atoms with Crippen molar-refractivity contribution < 1.29 is 17.1 Å². The van der Waals surface area contributed by atoms with Gasteiger partial charge in [-0.1, -0.05) is 19.1 Å². The second-order valence-corrected chi connectivity index (χ2v) is 2.63. The number of ether oxygens (including phenoxy) is 1. The molecule has 0 spiro atoms. The van der Waals surface area contributed by atoms with Crippen LogP contribution in [0.25, 0.3) is 0 Å². The molecule has 13 heavy (non-hydrogen) atoms. The van der Waals surface area contributed by atoms with Crippen LogP contribution in [0.15, 0.2) is 24.3 Å². The second kappa shape index (κ2) is 6.75. The lowest BCUT2D eigenvalue weighted by Crippen LogP contribution is -3.00. The Morgan fingerprint density at radius 2 is 2.15 bits per heavy atom. The summed E-state index contributed by atoms with van der Waals surface area (Å²) in [5, 5.41) is 3.26. The van der Waals surface area contributed by atoms with Crippen LogP contribution in [0, 0.1) is 0 Å². The van der Waals surface area contributed by atoms with Crippen LogP contribution in [0.4, 0.5) is 0 Å². The summed E-state index contributed by atoms with van der Waals surface area (Å²) in [6.45, 7) is 4.01. The minimum Gasteiger partial charge on any atom is -1.00 e. The number of methoxy groups -OCH3 is 1. The van der Waals surface area contributed by atoms with Gasteiger partial charge in [0, 0.05) is 6.54 Å². The predicted molar refractivity (Wildman–Crippen MR) is 50.4 cm³/mol. The normalized spacial score (nSPS) is 9.08. The molecular weight excluding hydrogens is 186 g/mol. The van der Waals surface area contributed by atoms with E-state index in [-0.39, 0.29) is 12.4 Å². The van der Waals surface area contributed by atoms with Crippen LogP contribution in [-0.2, 0) is 6.54 Å². The lowest BCUT2D eigenvalue weighted by molar-refractivity contribution is -0.00000292. The Morgan fingerprint density at radius 3 is 2.77 bits per heavy atom. The van der Waals surface area contributed by atoms with Crippen molar-refractivity contribution in [2.45, 2.75) is 13.5 Å². The van der Waals surface area contributed by atoms with Crippen LogP contribution in [0.5, 0.6) is 5.75 Å². The van der Waals surface area contributed by atoms with Gasteiger partial charge in [-0.15, -0.1) is 0 Å². The van der Waals surface area contributed by atoms with Crippen molar-refractivity contribution in [2.75, 3.05) is 13.7 Å². The molecule has 0 atom stereocenters. The Labute approximate surface area is 85.7 Å². The maximum atomic E-state index is 5.11. The number of halogens is 1. The highest BCUT2D eigenvalue weighted by Gasteiger charge is 1.93. The summed E-state index contributed by atoms with van der Waals surface area (Å²) in [7, 11) is 1.69. The molecule has 0 aromatic heterocycles. The Kier molecular flexibility index (Phi) is 6.37. The molecule has 0 unspecified atom stereocenters. The van der Waals surface area contributed by atoms with E-state index in [0.717, 1.165) is 18.8 Å². The smallest absolute Gasteiger partial charge is 0.119 e. The lowest BCUT2D eigenvalue weighted by Gasteiger charge is -2.04. The summed E-state index contributed by atoms with van der Waals surface area (Å²) >= 11 is 0. The van der Waals surface area contributed by atoms with E-state index in [4.69, 9.17) is 4.74 Å². The lowest BCUT2D eigenvalue weighted by atomic mass is 10.2. The molecule has 0 bridgehead atoms. The van der Waals surface area contributed by atoms with E-state index in [9.17, 15) is 0 Å². The van der Waals surface area contributed by atoms with E-state index in [0.29, 0.717) is 0 Å². The molecule has 1 aromatic rings. The van der Waals surface area contributed by atoms with Gasteiger partial charge in [-0.3, -0.25) is 0 Å². The fraction of sp³-hybridized carbons (Fsp3) is 0.400. The van der Waals surface area contributed by atoms with Gasteiger partial charge in [0.25, 0.3) is 0 Å². The first-order valence-electron chi connectivity index (χ1n) is 4.20. The molecule has 2 nitrogen and oxygen atoms in total. The van der Waals surface area contributed by atoms with Crippen molar-refractivity contribution in [3.63, 3.8) is 0 Å². The average Bonchev–Trinajstić information content (AvgIpc) is 2.15. The largest absolute Gasteiger partial charge is 1.00 e. The zero-order valence-corrected chi connectivity index (χ0v) is 8.77. The summed E-state index contributed by atoms with van der Waals surface area (Å²) in [4.78, 5) is 0. The Bertz CT molecular complexity index is 240. The van der Waals surface area contributed by atoms with Crippen molar-refractivity contribution in [3.8, 4) is 5.75 Å². The van der Waals surface area contributed by atoms with Gasteiger partial charge in [-0.2, -0.15) is 0 Å². The first kappa shape index (κ1) is 12.3. The molecule has 1 aromatic carbocycles. The minimum atomic E-state index is 0. The topological polar surface area (TPSA) is 21.3 Å². The maximum absolute atomic E-state index is 5.11. The number of nitrogens with one attached hydrogen (secondary N) is 1. The van der Waals surface area contributed by atoms with E-state index in [1.54, 1.807) is 7.11 Å². The Balaban J connectivity index is 0.00000144. The third kappa shape index (κ3) is 4.15. The highest BCUT2D eigenvalue weighted by molar-refractivity contribution is 5.28. The average molecular weight is 201 g/mol. The third-order valence-electron chi connectivity index (χ3n) is 1.71. The van der Waals surface area contributed by atoms with Crippen molar-refractivity contribution in [2.24, 2.45) is 0 Å². The summed E-state index contributed by atoms with van der Waals surface area (Å²) < 4.78 is 5.11. The van der Waals surface area contributed by atoms with Gasteiger partial charge in [0.1, 0.15) is 5.75 Å². The molecule has 0 saturated heterocycles. The molecule has 1 rings (SSSR count). The standard InChI is InChI=1S/C10H15NO.ClH/c1-3-11-8-9-5-4-6-10(7-9)12-2;/h4-7,11H,3,8H2,1-2H3;1H/p-1. The highest BCUT2D eigenvalue weighted by Crippen LogP contribution is 2.11. The highest BCUT2D eigenvalue weighted by atomic mass is 35.5. The van der Waals surface area contributed by atoms with Crippen LogP contribution in [-0.4, -0.2) is 13.7 Å². The molecule has 0 aliphatic carbocycles. The second-order valence-electron chi connectivity index (χ2n) is 2.63. The maximum Gasteiger partial charge on any atom is 0.119 e. The van der Waals surface area contributed by atoms with E-state index in [1.165, 1.54) is 5.56 Å². The number of rotatable bonds is 4. The molecular formula is C10H15ClNO-. The fourth-order valence-electron chi connectivity index (χ4n) is 1.05. The molecule has 0 heterocycles. The third-order valence-corrected chi connectivity index (χ3v) is 1.71. The first-order valence-corrected chi connectivity index (χ1v) is 4.20. The molecule has 0 saturated carbocycles. The van der Waals surface area contributed by atoms with Crippen LogP contribution in [0.3, 0.4) is 0 Å². The van der Waals surface area contributed by atoms with Crippen LogP contribution < -0.4 is 22.5 Å². The minimum absolute atomic E-state index is 0. The van der Waals surface area contributed by atoms with Gasteiger partial charge in [0.2, 0.25) is 0 Å². The molecule has 0 aliphatic rings. The van der Waals surface area contributed by atoms with Crippen molar-refractivity contribution >= 4 is 0 Å². The van der Waals surface area contributed by atoms with Gasteiger partial charge in [-0.05, 0) is 24.2 Å². The zero-order valence-electron chi connectivity index (χ0n) is 8.01. The van der Waals surface area contributed by atoms with Crippen LogP contribution >= 0.6 is 0 Å². The fourth-order valence-corrected chi connectivity index (χ4v) is 1.05. The van der Waals surface area contributed by atoms with Crippen LogP contribution in [0.1, 0.15) is 12.5 Å². The van der Waals surface area contributed by atoms with Crippen molar-refractivity contribution in [1.82, 2.24) is 5.32 Å². The van der Waals surface area contributed by atoms with Gasteiger partial charge in [0.15, 0.2) is 0 Å². The van der Waals surface area contributed by atoms with Gasteiger partial charge in [0.05, 0.1) is 7.11 Å². The predicted octanol–water partition coefficient (Wildman–Crippen LogP) is -1.19. The molecule has 0 fully saturated rings.